The average Bonchev–Trinajstić information content (AvgIpc) is 2.29. The molecule has 2 N–H and O–H groups in total. The molecule has 0 aliphatic carbocycles. The van der Waals surface area contributed by atoms with E-state index in [1.807, 2.05) is 0 Å². The summed E-state index contributed by atoms with van der Waals surface area (Å²) < 4.78 is 47.9. The lowest BCUT2D eigenvalue weighted by Gasteiger charge is -2.17. The second kappa shape index (κ2) is 5.52. The van der Waals surface area contributed by atoms with Crippen LogP contribution < -0.4 is 5.73 Å². The lowest BCUT2D eigenvalue weighted by atomic mass is 10.1. The van der Waals surface area contributed by atoms with Gasteiger partial charge < -0.3 is 10.6 Å². The van der Waals surface area contributed by atoms with E-state index in [4.69, 9.17) is 5.73 Å². The summed E-state index contributed by atoms with van der Waals surface area (Å²) in [5, 5.41) is 0. The monoisotopic (exact) mass is 292 g/mol. The van der Waals surface area contributed by atoms with Gasteiger partial charge in [-0.15, -0.1) is 0 Å². The van der Waals surface area contributed by atoms with Gasteiger partial charge in [0.1, 0.15) is 9.84 Å². The molecule has 106 valence electrons. The van der Waals surface area contributed by atoms with Crippen molar-refractivity contribution in [2.75, 3.05) is 31.3 Å². The van der Waals surface area contributed by atoms with E-state index in [0.29, 0.717) is 12.1 Å². The van der Waals surface area contributed by atoms with Crippen LogP contribution in [0.1, 0.15) is 10.4 Å². The predicted molar refractivity (Wildman–Crippen MR) is 67.4 cm³/mol. The number of halogens is 2. The second-order valence-corrected chi connectivity index (χ2v) is 6.47. The summed E-state index contributed by atoms with van der Waals surface area (Å²) in [6.45, 7) is -0.0594. The molecule has 0 unspecified atom stereocenters. The first-order chi connectivity index (χ1) is 8.61. The molecule has 0 radical (unpaired) electrons. The van der Waals surface area contributed by atoms with Crippen molar-refractivity contribution in [1.29, 1.82) is 0 Å². The van der Waals surface area contributed by atoms with Crippen molar-refractivity contribution in [3.63, 3.8) is 0 Å². The number of amides is 1. The molecule has 19 heavy (non-hydrogen) atoms. The number of hydrogen-bond donors (Lipinski definition) is 1. The summed E-state index contributed by atoms with van der Waals surface area (Å²) in [6.07, 6.45) is 1.04. The Morgan fingerprint density at radius 2 is 1.84 bits per heavy atom. The van der Waals surface area contributed by atoms with E-state index in [1.54, 1.807) is 0 Å². The molecule has 1 rings (SSSR count). The van der Waals surface area contributed by atoms with Crippen LogP contribution in [0.3, 0.4) is 0 Å². The Morgan fingerprint density at radius 1 is 1.32 bits per heavy atom. The van der Waals surface area contributed by atoms with Crippen LogP contribution in [0.4, 0.5) is 14.5 Å². The van der Waals surface area contributed by atoms with E-state index in [0.717, 1.165) is 11.2 Å². The second-order valence-electron chi connectivity index (χ2n) is 4.21. The first-order valence-electron chi connectivity index (χ1n) is 5.29. The maximum atomic E-state index is 13.1. The molecule has 1 aromatic carbocycles. The average molecular weight is 292 g/mol. The highest BCUT2D eigenvalue weighted by atomic mass is 32.2. The summed E-state index contributed by atoms with van der Waals surface area (Å²) >= 11 is 0. The molecule has 0 aliphatic rings. The predicted octanol–water partition coefficient (Wildman–Crippen LogP) is 0.664. The number of nitrogen functional groups attached to an aromatic ring is 1. The first kappa shape index (κ1) is 15.4. The molecule has 8 heteroatoms. The highest BCUT2D eigenvalue weighted by Gasteiger charge is 2.18. The largest absolute Gasteiger partial charge is 0.398 e. The Morgan fingerprint density at radius 3 is 2.37 bits per heavy atom. The topological polar surface area (TPSA) is 80.5 Å². The highest BCUT2D eigenvalue weighted by Crippen LogP contribution is 2.18. The quantitative estimate of drug-likeness (QED) is 0.827. The van der Waals surface area contributed by atoms with Gasteiger partial charge in [0, 0.05) is 31.6 Å². The number of carbonyl (C=O) groups excluding carboxylic acids is 1. The SMILES string of the molecule is CN(CCS(C)(=O)=O)C(=O)c1cc(F)c(F)cc1N. The van der Waals surface area contributed by atoms with Crippen LogP contribution in [-0.4, -0.2) is 44.8 Å². The summed E-state index contributed by atoms with van der Waals surface area (Å²) in [6, 6.07) is 1.41. The van der Waals surface area contributed by atoms with Crippen molar-refractivity contribution in [2.24, 2.45) is 0 Å². The van der Waals surface area contributed by atoms with Crippen LogP contribution in [0, 0.1) is 11.6 Å². The summed E-state index contributed by atoms with van der Waals surface area (Å²) in [4.78, 5) is 13.0. The van der Waals surface area contributed by atoms with Crippen LogP contribution >= 0.6 is 0 Å². The Bertz CT molecular complexity index is 602. The van der Waals surface area contributed by atoms with Crippen molar-refractivity contribution < 1.29 is 22.0 Å². The highest BCUT2D eigenvalue weighted by molar-refractivity contribution is 7.90. The summed E-state index contributed by atoms with van der Waals surface area (Å²) in [7, 11) is -1.86. The molecule has 5 nitrogen and oxygen atoms in total. The molecule has 0 saturated carbocycles. The molecule has 0 aliphatic heterocycles. The molecule has 1 amide bonds. The molecule has 0 aromatic heterocycles. The molecule has 1 aromatic rings. The van der Waals surface area contributed by atoms with E-state index >= 15 is 0 Å². The van der Waals surface area contributed by atoms with Gasteiger partial charge in [-0.05, 0) is 6.07 Å². The minimum atomic E-state index is -3.22. The fraction of sp³-hybridized carbons (Fsp3) is 0.364. The van der Waals surface area contributed by atoms with Gasteiger partial charge in [0.2, 0.25) is 0 Å². The van der Waals surface area contributed by atoms with Gasteiger partial charge in [-0.1, -0.05) is 0 Å². The van der Waals surface area contributed by atoms with Gasteiger partial charge >= 0.3 is 0 Å². The maximum Gasteiger partial charge on any atom is 0.255 e. The Hall–Kier alpha value is -1.70. The zero-order valence-electron chi connectivity index (χ0n) is 10.5. The van der Waals surface area contributed by atoms with Crippen LogP contribution in [0.25, 0.3) is 0 Å². The van der Waals surface area contributed by atoms with E-state index in [9.17, 15) is 22.0 Å². The molecule has 0 heterocycles. The minimum absolute atomic E-state index is 0.0594. The Balaban J connectivity index is 2.91. The van der Waals surface area contributed by atoms with Crippen LogP contribution in [-0.2, 0) is 9.84 Å². The Kier molecular flexibility index (Phi) is 4.46. The summed E-state index contributed by atoms with van der Waals surface area (Å²) in [5.41, 5.74) is 5.04. The molecule has 0 spiro atoms. The van der Waals surface area contributed by atoms with Gasteiger partial charge in [-0.3, -0.25) is 4.79 Å². The van der Waals surface area contributed by atoms with Gasteiger partial charge in [0.05, 0.1) is 11.3 Å². The zero-order chi connectivity index (χ0) is 14.8. The molecular formula is C11H14F2N2O3S. The number of benzene rings is 1. The third-order valence-corrected chi connectivity index (χ3v) is 3.39. The maximum absolute atomic E-state index is 13.1. The number of hydrogen-bond acceptors (Lipinski definition) is 4. The third kappa shape index (κ3) is 4.16. The van der Waals surface area contributed by atoms with Gasteiger partial charge in [0.25, 0.3) is 5.91 Å². The Labute approximate surface area is 109 Å². The number of anilines is 1. The zero-order valence-corrected chi connectivity index (χ0v) is 11.3. The molecular weight excluding hydrogens is 278 g/mol. The smallest absolute Gasteiger partial charge is 0.255 e. The van der Waals surface area contributed by atoms with Crippen molar-refractivity contribution >= 4 is 21.4 Å². The van der Waals surface area contributed by atoms with E-state index in [1.165, 1.54) is 7.05 Å². The first-order valence-corrected chi connectivity index (χ1v) is 7.35. The van der Waals surface area contributed by atoms with Crippen LogP contribution in [0.5, 0.6) is 0 Å². The molecule has 0 bridgehead atoms. The number of carbonyl (C=O) groups is 1. The van der Waals surface area contributed by atoms with Crippen molar-refractivity contribution in [3.8, 4) is 0 Å². The molecule has 0 fully saturated rings. The van der Waals surface area contributed by atoms with Crippen molar-refractivity contribution in [2.45, 2.75) is 0 Å². The standard InChI is InChI=1S/C11H14F2N2O3S/c1-15(3-4-19(2,17)18)11(16)7-5-8(12)9(13)6-10(7)14/h5-6H,3-4,14H2,1-2H3. The number of nitrogens with zero attached hydrogens (tertiary/aromatic N) is 1. The lowest BCUT2D eigenvalue weighted by molar-refractivity contribution is 0.0804. The van der Waals surface area contributed by atoms with Gasteiger partial charge in [0.15, 0.2) is 11.6 Å². The van der Waals surface area contributed by atoms with Gasteiger partial charge in [-0.2, -0.15) is 0 Å². The number of rotatable bonds is 4. The van der Waals surface area contributed by atoms with E-state index in [2.05, 4.69) is 0 Å². The van der Waals surface area contributed by atoms with Crippen molar-refractivity contribution in [3.05, 3.63) is 29.3 Å². The van der Waals surface area contributed by atoms with Gasteiger partial charge in [-0.25, -0.2) is 17.2 Å². The number of sulfone groups is 1. The summed E-state index contributed by atoms with van der Waals surface area (Å²) in [5.74, 6) is -3.22. The minimum Gasteiger partial charge on any atom is -0.398 e. The number of nitrogens with two attached hydrogens (primary N) is 1. The fourth-order valence-corrected chi connectivity index (χ4v) is 1.96. The molecule has 0 atom stereocenters. The lowest BCUT2D eigenvalue weighted by Crippen LogP contribution is -2.32. The van der Waals surface area contributed by atoms with E-state index in [-0.39, 0.29) is 23.5 Å². The van der Waals surface area contributed by atoms with Crippen LogP contribution in [0.2, 0.25) is 0 Å². The van der Waals surface area contributed by atoms with Crippen LogP contribution in [0.15, 0.2) is 12.1 Å². The van der Waals surface area contributed by atoms with E-state index < -0.39 is 27.4 Å². The fourth-order valence-electron chi connectivity index (χ4n) is 1.36. The third-order valence-electron chi connectivity index (χ3n) is 2.47. The normalized spacial score (nSPS) is 11.4. The van der Waals surface area contributed by atoms with Crippen molar-refractivity contribution in [1.82, 2.24) is 4.90 Å². The molecule has 0 saturated heterocycles.